The van der Waals surface area contributed by atoms with Crippen LogP contribution < -0.4 is 4.74 Å². The summed E-state index contributed by atoms with van der Waals surface area (Å²) in [5, 5.41) is 4.62. The van der Waals surface area contributed by atoms with Crippen LogP contribution in [-0.4, -0.2) is 34.1 Å². The zero-order valence-corrected chi connectivity index (χ0v) is 17.7. The third-order valence-electron chi connectivity index (χ3n) is 4.57. The van der Waals surface area contributed by atoms with E-state index in [9.17, 15) is 4.79 Å². The largest absolute Gasteiger partial charge is 0.480 e. The van der Waals surface area contributed by atoms with E-state index in [0.717, 1.165) is 16.7 Å². The van der Waals surface area contributed by atoms with Crippen molar-refractivity contribution in [2.75, 3.05) is 7.05 Å². The molecule has 0 aliphatic heterocycles. The molecule has 1 amide bonds. The van der Waals surface area contributed by atoms with Crippen LogP contribution in [-0.2, 0) is 11.3 Å². The molecule has 0 fully saturated rings. The minimum absolute atomic E-state index is 0.140. The molecule has 29 heavy (non-hydrogen) atoms. The van der Waals surface area contributed by atoms with E-state index in [2.05, 4.69) is 10.1 Å². The molecule has 1 aromatic heterocycles. The lowest BCUT2D eigenvalue weighted by Crippen LogP contribution is -2.39. The number of likely N-dealkylation sites (N-methyl/N-ethyl adjacent to an activating group) is 1. The fourth-order valence-corrected chi connectivity index (χ4v) is 3.08. The van der Waals surface area contributed by atoms with Gasteiger partial charge in [0.25, 0.3) is 5.91 Å². The quantitative estimate of drug-likeness (QED) is 0.555. The lowest BCUT2D eigenvalue weighted by atomic mass is 10.1. The summed E-state index contributed by atoms with van der Waals surface area (Å²) in [4.78, 5) is 18.8. The number of rotatable bonds is 7. The van der Waals surface area contributed by atoms with Gasteiger partial charge < -0.3 is 14.2 Å². The van der Waals surface area contributed by atoms with Crippen LogP contribution in [0.3, 0.4) is 0 Å². The summed E-state index contributed by atoms with van der Waals surface area (Å²) in [5.41, 5.74) is 2.95. The maximum Gasteiger partial charge on any atom is 0.263 e. The molecule has 0 N–H and O–H groups in total. The zero-order valence-electron chi connectivity index (χ0n) is 17.0. The van der Waals surface area contributed by atoms with Gasteiger partial charge in [0.05, 0.1) is 6.54 Å². The molecule has 0 spiro atoms. The molecule has 152 valence electrons. The normalized spacial score (nSPS) is 11.9. The van der Waals surface area contributed by atoms with Crippen molar-refractivity contribution in [2.24, 2.45) is 0 Å². The highest BCUT2D eigenvalue weighted by Gasteiger charge is 2.24. The topological polar surface area (TPSA) is 68.5 Å². The van der Waals surface area contributed by atoms with Gasteiger partial charge in [-0.3, -0.25) is 4.79 Å². The van der Waals surface area contributed by atoms with Gasteiger partial charge in [-0.15, -0.1) is 0 Å². The van der Waals surface area contributed by atoms with E-state index in [4.69, 9.17) is 20.9 Å². The van der Waals surface area contributed by atoms with Gasteiger partial charge in [0, 0.05) is 17.6 Å². The lowest BCUT2D eigenvalue weighted by Gasteiger charge is -2.23. The molecule has 0 saturated carbocycles. The summed E-state index contributed by atoms with van der Waals surface area (Å²) >= 11 is 5.91. The number of hydrogen-bond donors (Lipinski definition) is 0. The van der Waals surface area contributed by atoms with E-state index in [0.29, 0.717) is 28.9 Å². The summed E-state index contributed by atoms with van der Waals surface area (Å²) in [6, 6.07) is 13.1. The van der Waals surface area contributed by atoms with Gasteiger partial charge in [0.15, 0.2) is 6.10 Å². The maximum atomic E-state index is 12.9. The van der Waals surface area contributed by atoms with Crippen LogP contribution in [0.25, 0.3) is 11.4 Å². The third-order valence-corrected chi connectivity index (χ3v) is 4.82. The van der Waals surface area contributed by atoms with Gasteiger partial charge in [-0.05, 0) is 56.2 Å². The SMILES string of the molecule is CCC(Oc1ccc(C)cc1C)C(=O)N(C)Cc1nc(-c2ccc(Cl)cc2)no1. The first kappa shape index (κ1) is 20.9. The molecule has 2 aromatic carbocycles. The number of nitrogens with zero attached hydrogens (tertiary/aromatic N) is 3. The van der Waals surface area contributed by atoms with Gasteiger partial charge in [-0.25, -0.2) is 0 Å². The van der Waals surface area contributed by atoms with Gasteiger partial charge in [-0.2, -0.15) is 4.98 Å². The maximum absolute atomic E-state index is 12.9. The summed E-state index contributed by atoms with van der Waals surface area (Å²) < 4.78 is 11.3. The summed E-state index contributed by atoms with van der Waals surface area (Å²) in [7, 11) is 1.70. The minimum atomic E-state index is -0.583. The molecule has 3 rings (SSSR count). The molecule has 6 nitrogen and oxygen atoms in total. The van der Waals surface area contributed by atoms with Crippen molar-refractivity contribution >= 4 is 17.5 Å². The van der Waals surface area contributed by atoms with E-state index in [1.165, 1.54) is 4.90 Å². The zero-order chi connectivity index (χ0) is 21.0. The third kappa shape index (κ3) is 5.15. The van der Waals surface area contributed by atoms with Crippen molar-refractivity contribution in [1.82, 2.24) is 15.0 Å². The van der Waals surface area contributed by atoms with Gasteiger partial charge in [0.1, 0.15) is 5.75 Å². The van der Waals surface area contributed by atoms with Crippen molar-refractivity contribution in [3.05, 3.63) is 64.5 Å². The number of hydrogen-bond acceptors (Lipinski definition) is 5. The van der Waals surface area contributed by atoms with Crippen LogP contribution in [0.1, 0.15) is 30.4 Å². The number of ether oxygens (including phenoxy) is 1. The molecule has 0 radical (unpaired) electrons. The monoisotopic (exact) mass is 413 g/mol. The average Bonchev–Trinajstić information content (AvgIpc) is 3.16. The second-order valence-electron chi connectivity index (χ2n) is 7.00. The Morgan fingerprint density at radius 3 is 2.59 bits per heavy atom. The Kier molecular flexibility index (Phi) is 6.54. The van der Waals surface area contributed by atoms with Crippen molar-refractivity contribution in [2.45, 2.75) is 39.8 Å². The molecule has 1 atom stereocenters. The van der Waals surface area contributed by atoms with E-state index >= 15 is 0 Å². The Balaban J connectivity index is 1.66. The lowest BCUT2D eigenvalue weighted by molar-refractivity contribution is -0.138. The first-order valence-electron chi connectivity index (χ1n) is 9.44. The predicted molar refractivity (Wildman–Crippen MR) is 112 cm³/mol. The minimum Gasteiger partial charge on any atom is -0.480 e. The molecule has 3 aromatic rings. The molecule has 0 saturated heterocycles. The fraction of sp³-hybridized carbons (Fsp3) is 0.318. The Hall–Kier alpha value is -2.86. The fourth-order valence-electron chi connectivity index (χ4n) is 2.96. The molecule has 0 aliphatic rings. The van der Waals surface area contributed by atoms with Crippen LogP contribution in [0.2, 0.25) is 5.02 Å². The number of benzene rings is 2. The number of carbonyl (C=O) groups excluding carboxylic acids is 1. The molecule has 7 heteroatoms. The highest BCUT2D eigenvalue weighted by atomic mass is 35.5. The van der Waals surface area contributed by atoms with Crippen LogP contribution >= 0.6 is 11.6 Å². The Labute approximate surface area is 175 Å². The summed E-state index contributed by atoms with van der Waals surface area (Å²) in [6.07, 6.45) is -0.0313. The Morgan fingerprint density at radius 2 is 1.93 bits per heavy atom. The summed E-state index contributed by atoms with van der Waals surface area (Å²) in [5.74, 6) is 1.38. The van der Waals surface area contributed by atoms with Crippen LogP contribution in [0, 0.1) is 13.8 Å². The average molecular weight is 414 g/mol. The number of amides is 1. The summed E-state index contributed by atoms with van der Waals surface area (Å²) in [6.45, 7) is 6.12. The molecule has 1 unspecified atom stereocenters. The van der Waals surface area contributed by atoms with Crippen molar-refractivity contribution < 1.29 is 14.1 Å². The van der Waals surface area contributed by atoms with Gasteiger partial charge >= 0.3 is 0 Å². The molecule has 0 bridgehead atoms. The van der Waals surface area contributed by atoms with Crippen LogP contribution in [0.15, 0.2) is 47.0 Å². The number of carbonyl (C=O) groups is 1. The second-order valence-corrected chi connectivity index (χ2v) is 7.43. The van der Waals surface area contributed by atoms with Crippen LogP contribution in [0.4, 0.5) is 0 Å². The second kappa shape index (κ2) is 9.09. The van der Waals surface area contributed by atoms with Crippen molar-refractivity contribution in [3.8, 4) is 17.1 Å². The first-order valence-corrected chi connectivity index (χ1v) is 9.82. The van der Waals surface area contributed by atoms with E-state index in [1.54, 1.807) is 19.2 Å². The molecular formula is C22H24ClN3O3. The van der Waals surface area contributed by atoms with Crippen molar-refractivity contribution in [3.63, 3.8) is 0 Å². The number of aryl methyl sites for hydroxylation is 2. The highest BCUT2D eigenvalue weighted by Crippen LogP contribution is 2.22. The molecular weight excluding hydrogens is 390 g/mol. The highest BCUT2D eigenvalue weighted by molar-refractivity contribution is 6.30. The van der Waals surface area contributed by atoms with Crippen LogP contribution in [0.5, 0.6) is 5.75 Å². The standard InChI is InChI=1S/C22H24ClN3O3/c1-5-18(28-19-11-6-14(2)12-15(19)3)22(27)26(4)13-20-24-21(25-29-20)16-7-9-17(23)10-8-16/h6-12,18H,5,13H2,1-4H3. The number of halogens is 1. The van der Waals surface area contributed by atoms with Gasteiger partial charge in [0.2, 0.25) is 11.7 Å². The molecule has 1 heterocycles. The smallest absolute Gasteiger partial charge is 0.263 e. The molecule has 0 aliphatic carbocycles. The Bertz CT molecular complexity index is 985. The van der Waals surface area contributed by atoms with E-state index in [1.807, 2.05) is 51.1 Å². The predicted octanol–water partition coefficient (Wildman–Crippen LogP) is 4.82. The van der Waals surface area contributed by atoms with E-state index in [-0.39, 0.29) is 12.5 Å². The van der Waals surface area contributed by atoms with E-state index < -0.39 is 6.10 Å². The number of aromatic nitrogens is 2. The first-order chi connectivity index (χ1) is 13.9. The Morgan fingerprint density at radius 1 is 1.21 bits per heavy atom. The van der Waals surface area contributed by atoms with Gasteiger partial charge in [-0.1, -0.05) is 41.4 Å². The van der Waals surface area contributed by atoms with Crippen molar-refractivity contribution in [1.29, 1.82) is 0 Å².